The molecular formula is C17H21FN2. The Hall–Kier alpha value is -1.87. The minimum Gasteiger partial charge on any atom is -0.385 e. The van der Waals surface area contributed by atoms with E-state index in [2.05, 4.69) is 22.3 Å². The molecule has 20 heavy (non-hydrogen) atoms. The third-order valence-corrected chi connectivity index (χ3v) is 3.22. The van der Waals surface area contributed by atoms with Gasteiger partial charge in [0.15, 0.2) is 0 Å². The van der Waals surface area contributed by atoms with Crippen LogP contribution in [0.5, 0.6) is 0 Å². The summed E-state index contributed by atoms with van der Waals surface area (Å²) in [5.74, 6) is -0.123. The first kappa shape index (κ1) is 14.5. The fourth-order valence-corrected chi connectivity index (χ4v) is 2.13. The van der Waals surface area contributed by atoms with Crippen LogP contribution in [0.25, 0.3) is 0 Å². The third-order valence-electron chi connectivity index (χ3n) is 3.22. The molecule has 0 saturated heterocycles. The fourth-order valence-electron chi connectivity index (χ4n) is 2.13. The van der Waals surface area contributed by atoms with E-state index in [1.165, 1.54) is 6.07 Å². The van der Waals surface area contributed by atoms with Crippen molar-refractivity contribution in [2.45, 2.75) is 13.0 Å². The Morgan fingerprint density at radius 1 is 1.00 bits per heavy atom. The Bertz CT molecular complexity index is 513. The van der Waals surface area contributed by atoms with E-state index in [0.717, 1.165) is 30.8 Å². The Kier molecular flexibility index (Phi) is 5.56. The molecule has 1 N–H and O–H groups in total. The van der Waals surface area contributed by atoms with Gasteiger partial charge in [-0.25, -0.2) is 4.39 Å². The topological polar surface area (TPSA) is 15.3 Å². The first-order valence-electron chi connectivity index (χ1n) is 6.96. The van der Waals surface area contributed by atoms with Gasteiger partial charge in [-0.1, -0.05) is 36.4 Å². The molecule has 0 bridgehead atoms. The molecule has 0 unspecified atom stereocenters. The van der Waals surface area contributed by atoms with Crippen molar-refractivity contribution in [1.29, 1.82) is 0 Å². The molecule has 2 aromatic rings. The van der Waals surface area contributed by atoms with E-state index in [0.29, 0.717) is 6.54 Å². The van der Waals surface area contributed by atoms with Crippen LogP contribution in [0.1, 0.15) is 12.0 Å². The minimum atomic E-state index is -0.123. The SMILES string of the molecule is CN(CCCNc1ccccc1)Cc1ccccc1F. The Morgan fingerprint density at radius 3 is 2.45 bits per heavy atom. The van der Waals surface area contributed by atoms with E-state index < -0.39 is 0 Å². The van der Waals surface area contributed by atoms with Gasteiger partial charge in [-0.2, -0.15) is 0 Å². The van der Waals surface area contributed by atoms with Crippen LogP contribution in [0.15, 0.2) is 54.6 Å². The second-order valence-electron chi connectivity index (χ2n) is 4.98. The molecule has 106 valence electrons. The second-order valence-corrected chi connectivity index (χ2v) is 4.98. The van der Waals surface area contributed by atoms with Crippen LogP contribution in [-0.2, 0) is 6.54 Å². The lowest BCUT2D eigenvalue weighted by Gasteiger charge is -2.17. The molecule has 0 spiro atoms. The molecule has 2 nitrogen and oxygen atoms in total. The summed E-state index contributed by atoms with van der Waals surface area (Å²) in [6.45, 7) is 2.51. The maximum absolute atomic E-state index is 13.5. The summed E-state index contributed by atoms with van der Waals surface area (Å²) in [6.07, 6.45) is 1.03. The summed E-state index contributed by atoms with van der Waals surface area (Å²) in [4.78, 5) is 2.14. The van der Waals surface area contributed by atoms with Crippen LogP contribution in [0.2, 0.25) is 0 Å². The zero-order valence-electron chi connectivity index (χ0n) is 11.8. The smallest absolute Gasteiger partial charge is 0.127 e. The molecule has 2 aromatic carbocycles. The number of rotatable bonds is 7. The van der Waals surface area contributed by atoms with Crippen LogP contribution in [0, 0.1) is 5.82 Å². The highest BCUT2D eigenvalue weighted by Crippen LogP contribution is 2.09. The highest BCUT2D eigenvalue weighted by Gasteiger charge is 2.04. The molecule has 0 radical (unpaired) electrons. The predicted octanol–water partition coefficient (Wildman–Crippen LogP) is 3.76. The molecule has 0 amide bonds. The molecule has 3 heteroatoms. The molecule has 0 atom stereocenters. The minimum absolute atomic E-state index is 0.123. The van der Waals surface area contributed by atoms with Crippen LogP contribution in [0.4, 0.5) is 10.1 Å². The van der Waals surface area contributed by atoms with Gasteiger partial charge < -0.3 is 10.2 Å². The highest BCUT2D eigenvalue weighted by atomic mass is 19.1. The quantitative estimate of drug-likeness (QED) is 0.772. The summed E-state index contributed by atoms with van der Waals surface area (Å²) in [5, 5.41) is 3.37. The standard InChI is InChI=1S/C17H21FN2/c1-20(14-15-8-5-6-11-17(15)18)13-7-12-19-16-9-3-2-4-10-16/h2-6,8-11,19H,7,12-14H2,1H3. The molecule has 0 fully saturated rings. The third kappa shape index (κ3) is 4.67. The maximum Gasteiger partial charge on any atom is 0.127 e. The number of halogens is 1. The largest absolute Gasteiger partial charge is 0.385 e. The van der Waals surface area contributed by atoms with Crippen LogP contribution in [-0.4, -0.2) is 25.0 Å². The van der Waals surface area contributed by atoms with E-state index >= 15 is 0 Å². The van der Waals surface area contributed by atoms with Crippen molar-refractivity contribution in [2.75, 3.05) is 25.5 Å². The molecule has 0 aliphatic carbocycles. The zero-order valence-corrected chi connectivity index (χ0v) is 11.8. The zero-order chi connectivity index (χ0) is 14.2. The van der Waals surface area contributed by atoms with Gasteiger partial charge in [0.2, 0.25) is 0 Å². The van der Waals surface area contributed by atoms with E-state index in [9.17, 15) is 4.39 Å². The Balaban J connectivity index is 1.68. The van der Waals surface area contributed by atoms with Crippen molar-refractivity contribution in [3.05, 3.63) is 66.0 Å². The summed E-state index contributed by atoms with van der Waals surface area (Å²) in [5.41, 5.74) is 1.90. The molecule has 0 aromatic heterocycles. The van der Waals surface area contributed by atoms with Gasteiger partial charge in [0.25, 0.3) is 0 Å². The Labute approximate surface area is 120 Å². The van der Waals surface area contributed by atoms with E-state index in [1.807, 2.05) is 37.4 Å². The fraction of sp³-hybridized carbons (Fsp3) is 0.294. The van der Waals surface area contributed by atoms with Gasteiger partial charge in [-0.15, -0.1) is 0 Å². The van der Waals surface area contributed by atoms with Crippen LogP contribution in [0.3, 0.4) is 0 Å². The number of nitrogens with one attached hydrogen (secondary N) is 1. The summed E-state index contributed by atoms with van der Waals surface area (Å²) >= 11 is 0. The van der Waals surface area contributed by atoms with Gasteiger partial charge in [-0.05, 0) is 38.2 Å². The monoisotopic (exact) mass is 272 g/mol. The molecular weight excluding hydrogens is 251 g/mol. The van der Waals surface area contributed by atoms with Gasteiger partial charge in [-0.3, -0.25) is 0 Å². The van der Waals surface area contributed by atoms with Crippen molar-refractivity contribution in [1.82, 2.24) is 4.90 Å². The Morgan fingerprint density at radius 2 is 1.70 bits per heavy atom. The second kappa shape index (κ2) is 7.65. The van der Waals surface area contributed by atoms with Crippen molar-refractivity contribution in [2.24, 2.45) is 0 Å². The normalized spacial score (nSPS) is 10.8. The van der Waals surface area contributed by atoms with Gasteiger partial charge in [0, 0.05) is 24.3 Å². The summed E-state index contributed by atoms with van der Waals surface area (Å²) in [6, 6.07) is 17.1. The molecule has 0 aliphatic rings. The number of hydrogen-bond donors (Lipinski definition) is 1. The van der Waals surface area contributed by atoms with Crippen LogP contribution < -0.4 is 5.32 Å². The number of para-hydroxylation sites is 1. The molecule has 2 rings (SSSR count). The lowest BCUT2D eigenvalue weighted by Crippen LogP contribution is -2.21. The first-order chi connectivity index (χ1) is 9.75. The summed E-state index contributed by atoms with van der Waals surface area (Å²) < 4.78 is 13.5. The molecule has 0 heterocycles. The van der Waals surface area contributed by atoms with E-state index in [4.69, 9.17) is 0 Å². The average molecular weight is 272 g/mol. The predicted molar refractivity (Wildman–Crippen MR) is 82.3 cm³/mol. The van der Waals surface area contributed by atoms with Gasteiger partial charge in [0.05, 0.1) is 0 Å². The lowest BCUT2D eigenvalue weighted by atomic mass is 10.2. The van der Waals surface area contributed by atoms with Gasteiger partial charge >= 0.3 is 0 Å². The van der Waals surface area contributed by atoms with Crippen molar-refractivity contribution >= 4 is 5.69 Å². The highest BCUT2D eigenvalue weighted by molar-refractivity contribution is 5.42. The molecule has 0 aliphatic heterocycles. The number of anilines is 1. The lowest BCUT2D eigenvalue weighted by molar-refractivity contribution is 0.320. The molecule has 0 saturated carbocycles. The van der Waals surface area contributed by atoms with Gasteiger partial charge in [0.1, 0.15) is 5.82 Å². The van der Waals surface area contributed by atoms with E-state index in [1.54, 1.807) is 6.07 Å². The van der Waals surface area contributed by atoms with Crippen molar-refractivity contribution in [3.8, 4) is 0 Å². The number of hydrogen-bond acceptors (Lipinski definition) is 2. The van der Waals surface area contributed by atoms with Crippen LogP contribution >= 0.6 is 0 Å². The number of nitrogens with zero attached hydrogens (tertiary/aromatic N) is 1. The number of benzene rings is 2. The van der Waals surface area contributed by atoms with Crippen molar-refractivity contribution < 1.29 is 4.39 Å². The van der Waals surface area contributed by atoms with E-state index in [-0.39, 0.29) is 5.82 Å². The summed E-state index contributed by atoms with van der Waals surface area (Å²) in [7, 11) is 2.02. The average Bonchev–Trinajstić information content (AvgIpc) is 2.47. The first-order valence-corrected chi connectivity index (χ1v) is 6.96. The maximum atomic E-state index is 13.5. The van der Waals surface area contributed by atoms with Crippen molar-refractivity contribution in [3.63, 3.8) is 0 Å².